The Morgan fingerprint density at radius 1 is 0.348 bits per heavy atom. The van der Waals surface area contributed by atoms with Gasteiger partial charge in [-0.25, -0.2) is 0 Å². The first-order valence-corrected chi connectivity index (χ1v) is 14.9. The van der Waals surface area contributed by atoms with Crippen LogP contribution in [0.5, 0.6) is 69.0 Å². The Kier molecular flexibility index (Phi) is 15.5. The predicted molar refractivity (Wildman–Crippen MR) is 168 cm³/mol. The van der Waals surface area contributed by atoms with E-state index in [1.165, 1.54) is 85.3 Å². The molecule has 0 aliphatic carbocycles. The molecule has 3 aromatic rings. The standard InChI is InChI=1S/C30H39O13Si.BrH.Mg/c1-32-16-13-17(33-2)23(39-8)28(22(16)38-7)44(31,29-24(40-9)18(34-3)14-19(35-4)25(29)41-10)30-26(42-11)20(36-5)15-21(37-6)27(30)43-12;;/h13-15H,1-12H3;1H;/q-1;;+2/p-1. The van der Waals surface area contributed by atoms with Gasteiger partial charge < -0.3 is 78.6 Å². The maximum atomic E-state index is 16.9. The largest absolute Gasteiger partial charge is 2.00 e. The van der Waals surface area contributed by atoms with E-state index >= 15 is 4.80 Å². The molecular weight excluding hydrogens is 701 g/mol. The molecule has 0 amide bonds. The van der Waals surface area contributed by atoms with Crippen molar-refractivity contribution in [3.63, 3.8) is 0 Å². The summed E-state index contributed by atoms with van der Waals surface area (Å²) in [4.78, 5) is 16.9. The molecule has 0 heterocycles. The summed E-state index contributed by atoms with van der Waals surface area (Å²) in [7, 11) is 12.0. The van der Waals surface area contributed by atoms with Crippen LogP contribution in [0.4, 0.5) is 0 Å². The first-order valence-electron chi connectivity index (χ1n) is 13.0. The van der Waals surface area contributed by atoms with E-state index in [9.17, 15) is 0 Å². The monoisotopic (exact) mass is 738 g/mol. The van der Waals surface area contributed by atoms with Crippen molar-refractivity contribution in [2.45, 2.75) is 0 Å². The van der Waals surface area contributed by atoms with Crippen LogP contribution >= 0.6 is 0 Å². The molecule has 13 nitrogen and oxygen atoms in total. The number of hydrogen-bond acceptors (Lipinski definition) is 13. The maximum Gasteiger partial charge on any atom is 2.00 e. The van der Waals surface area contributed by atoms with Crippen molar-refractivity contribution in [3.8, 4) is 69.0 Å². The van der Waals surface area contributed by atoms with E-state index in [-0.39, 0.29) is 125 Å². The first kappa shape index (κ1) is 40.7. The Labute approximate surface area is 296 Å². The summed E-state index contributed by atoms with van der Waals surface area (Å²) in [5, 5.41) is 0.0348. The minimum absolute atomic E-state index is 0. The van der Waals surface area contributed by atoms with Crippen LogP contribution in [-0.4, -0.2) is 117 Å². The van der Waals surface area contributed by atoms with Gasteiger partial charge >= 0.3 is 23.1 Å². The number of rotatable bonds is 15. The molecule has 0 unspecified atom stereocenters. The normalized spacial score (nSPS) is 10.4. The molecule has 0 bridgehead atoms. The minimum Gasteiger partial charge on any atom is -1.00 e. The molecule has 0 atom stereocenters. The van der Waals surface area contributed by atoms with Crippen LogP contribution in [0.3, 0.4) is 0 Å². The molecule has 3 rings (SSSR count). The fraction of sp³-hybridized carbons (Fsp3) is 0.400. The quantitative estimate of drug-likeness (QED) is 0.123. The second kappa shape index (κ2) is 17.6. The molecule has 0 fully saturated rings. The number of methoxy groups -OCH3 is 12. The first-order chi connectivity index (χ1) is 21.2. The summed E-state index contributed by atoms with van der Waals surface area (Å²) in [5.74, 6) is 1.48. The van der Waals surface area contributed by atoms with Gasteiger partial charge in [0.1, 0.15) is 0 Å². The van der Waals surface area contributed by atoms with Gasteiger partial charge in [-0.1, -0.05) is 0 Å². The summed E-state index contributed by atoms with van der Waals surface area (Å²) in [5.41, 5.74) is 0. The Morgan fingerprint density at radius 3 is 0.609 bits per heavy atom. The van der Waals surface area contributed by atoms with Gasteiger partial charge in [0, 0.05) is 33.8 Å². The molecule has 46 heavy (non-hydrogen) atoms. The van der Waals surface area contributed by atoms with E-state index < -0.39 is 8.32 Å². The molecule has 3 aromatic carbocycles. The molecule has 0 aliphatic heterocycles. The van der Waals surface area contributed by atoms with Gasteiger partial charge in [0.25, 0.3) is 0 Å². The summed E-state index contributed by atoms with van der Waals surface area (Å²) >= 11 is 0. The van der Waals surface area contributed by atoms with Crippen molar-refractivity contribution in [2.24, 2.45) is 0 Å². The van der Waals surface area contributed by atoms with E-state index in [2.05, 4.69) is 0 Å². The Hall–Kier alpha value is -3.32. The third-order valence-electron chi connectivity index (χ3n) is 7.09. The van der Waals surface area contributed by atoms with Gasteiger partial charge in [-0.05, 0) is 0 Å². The number of hydrogen-bond donors (Lipinski definition) is 0. The van der Waals surface area contributed by atoms with Crippen LogP contribution in [0, 0.1) is 0 Å². The zero-order chi connectivity index (χ0) is 32.8. The van der Waals surface area contributed by atoms with Crippen molar-refractivity contribution in [3.05, 3.63) is 18.2 Å². The van der Waals surface area contributed by atoms with Gasteiger partial charge in [0.05, 0.1) is 93.6 Å². The third-order valence-corrected chi connectivity index (χ3v) is 10.6. The third kappa shape index (κ3) is 6.58. The van der Waals surface area contributed by atoms with Crippen molar-refractivity contribution in [1.29, 1.82) is 0 Å². The summed E-state index contributed by atoms with van der Waals surface area (Å²) in [6, 6.07) is 4.66. The number of halogens is 1. The molecule has 0 aliphatic rings. The molecule has 0 saturated heterocycles. The number of benzene rings is 3. The van der Waals surface area contributed by atoms with Crippen LogP contribution in [0.25, 0.3) is 0 Å². The van der Waals surface area contributed by atoms with Gasteiger partial charge in [0.15, 0.2) is 69.0 Å². The van der Waals surface area contributed by atoms with Gasteiger partial charge in [-0.3, -0.25) is 0 Å². The fourth-order valence-corrected chi connectivity index (χ4v) is 9.28. The summed E-state index contributed by atoms with van der Waals surface area (Å²) in [6.07, 6.45) is 0. The minimum atomic E-state index is -5.04. The van der Waals surface area contributed by atoms with Gasteiger partial charge in [0.2, 0.25) is 0 Å². The van der Waals surface area contributed by atoms with Gasteiger partial charge in [-0.15, -0.1) is 0 Å². The van der Waals surface area contributed by atoms with Crippen molar-refractivity contribution < 1.29 is 78.6 Å². The topological polar surface area (TPSA) is 134 Å². The molecule has 0 saturated carbocycles. The molecule has 0 aromatic heterocycles. The summed E-state index contributed by atoms with van der Waals surface area (Å²) < 4.78 is 69.6. The molecule has 250 valence electrons. The smallest absolute Gasteiger partial charge is 1.00 e. The van der Waals surface area contributed by atoms with Crippen molar-refractivity contribution in [1.82, 2.24) is 0 Å². The number of ether oxygens (including phenoxy) is 12. The van der Waals surface area contributed by atoms with E-state index in [4.69, 9.17) is 56.8 Å². The van der Waals surface area contributed by atoms with Crippen LogP contribution in [0.15, 0.2) is 18.2 Å². The fourth-order valence-electron chi connectivity index (χ4n) is 5.26. The van der Waals surface area contributed by atoms with E-state index in [0.29, 0.717) is 0 Å². The molecule has 0 N–H and O–H groups in total. The SMILES string of the molecule is COc1cc(OC)c(OC)c([Si]([O-])(c2c(OC)c(OC)cc(OC)c2OC)c2c(OC)c(OC)cc(OC)c2OC)c1OC.[Br-].[Mg+2]. The second-order valence-corrected chi connectivity index (χ2v) is 11.7. The van der Waals surface area contributed by atoms with Crippen LogP contribution in [-0.2, 0) is 0 Å². The summed E-state index contributed by atoms with van der Waals surface area (Å²) in [6.45, 7) is 0. The van der Waals surface area contributed by atoms with Crippen molar-refractivity contribution >= 4 is 46.9 Å². The van der Waals surface area contributed by atoms with Crippen LogP contribution < -0.4 is 94.2 Å². The molecule has 0 radical (unpaired) electrons. The van der Waals surface area contributed by atoms with E-state index in [0.717, 1.165) is 0 Å². The average molecular weight is 740 g/mol. The molecular formula is C30H39BrMgO13Si. The molecule has 0 spiro atoms. The van der Waals surface area contributed by atoms with Gasteiger partial charge in [-0.2, -0.15) is 0 Å². The van der Waals surface area contributed by atoms with Crippen LogP contribution in [0.2, 0.25) is 0 Å². The van der Waals surface area contributed by atoms with Crippen LogP contribution in [0.1, 0.15) is 0 Å². The Morgan fingerprint density at radius 2 is 0.500 bits per heavy atom. The van der Waals surface area contributed by atoms with Crippen molar-refractivity contribution in [2.75, 3.05) is 85.3 Å². The Balaban J connectivity index is 0.00000529. The second-order valence-electron chi connectivity index (χ2n) is 8.85. The Bertz CT molecular complexity index is 1230. The zero-order valence-corrected chi connectivity index (χ0v) is 32.1. The molecule has 16 heteroatoms. The van der Waals surface area contributed by atoms with E-state index in [1.807, 2.05) is 0 Å². The zero-order valence-electron chi connectivity index (χ0n) is 28.1. The predicted octanol–water partition coefficient (Wildman–Crippen LogP) is -2.26. The van der Waals surface area contributed by atoms with E-state index in [1.54, 1.807) is 18.2 Å². The maximum absolute atomic E-state index is 16.9. The average Bonchev–Trinajstić information content (AvgIpc) is 3.07.